The van der Waals surface area contributed by atoms with Crippen molar-refractivity contribution in [3.05, 3.63) is 124 Å². The summed E-state index contributed by atoms with van der Waals surface area (Å²) in [5, 5.41) is 12.2. The van der Waals surface area contributed by atoms with Crippen molar-refractivity contribution in [2.24, 2.45) is 0 Å². The van der Waals surface area contributed by atoms with Crippen LogP contribution in [0.4, 0.5) is 5.69 Å². The van der Waals surface area contributed by atoms with Gasteiger partial charge in [0, 0.05) is 48.4 Å². The molecule has 0 bridgehead atoms. The summed E-state index contributed by atoms with van der Waals surface area (Å²) >= 11 is 0. The summed E-state index contributed by atoms with van der Waals surface area (Å²) in [6.07, 6.45) is 3.20. The van der Waals surface area contributed by atoms with E-state index >= 15 is 0 Å². The summed E-state index contributed by atoms with van der Waals surface area (Å²) < 4.78 is 1.57. The topological polar surface area (TPSA) is 92.7 Å². The number of nitrogens with one attached hydrogen (secondary N) is 2. The van der Waals surface area contributed by atoms with Crippen LogP contribution in [0.5, 0.6) is 0 Å². The Balaban J connectivity index is 1.16. The number of fused-ring (bicyclic) bond motifs is 1. The molecule has 7 nitrogen and oxygen atoms in total. The van der Waals surface area contributed by atoms with Crippen LogP contribution in [0, 0.1) is 11.8 Å². The summed E-state index contributed by atoms with van der Waals surface area (Å²) in [6, 6.07) is 26.8. The minimum Gasteiger partial charge on any atom is -0.341 e. The molecular weight excluding hydrogens is 462 g/mol. The molecule has 3 aromatic heterocycles. The standard InChI is InChI=1S/C30H25N5O2/c36-28(18-23-11-5-2-6-12-23)31-25-14-16-35(29(37)21-25)15-8-7-13-26-19-24-20-27(32-30(24)34-33-26)17-22-9-3-1-4-10-22/h1-6,9-12,14,16,19-21H,8,15,17-18H2,(H,31,36)(H,32,34). The van der Waals surface area contributed by atoms with Crippen molar-refractivity contribution in [1.29, 1.82) is 0 Å². The minimum atomic E-state index is -0.196. The van der Waals surface area contributed by atoms with Gasteiger partial charge in [0.05, 0.1) is 6.42 Å². The SMILES string of the molecule is O=C(Cc1ccccc1)Nc1ccn(CCC#Cc2cc3cc(Cc4ccccc4)[nH]c3nn2)c(=O)c1. The molecule has 0 saturated carbocycles. The molecule has 0 radical (unpaired) electrons. The maximum atomic E-state index is 12.5. The van der Waals surface area contributed by atoms with E-state index in [0.717, 1.165) is 28.7 Å². The highest BCUT2D eigenvalue weighted by Crippen LogP contribution is 2.16. The molecule has 2 aromatic carbocycles. The first-order valence-corrected chi connectivity index (χ1v) is 12.0. The number of amides is 1. The summed E-state index contributed by atoms with van der Waals surface area (Å²) in [4.78, 5) is 28.0. The van der Waals surface area contributed by atoms with Gasteiger partial charge >= 0.3 is 0 Å². The number of anilines is 1. The smallest absolute Gasteiger partial charge is 0.252 e. The number of hydrogen-bond acceptors (Lipinski definition) is 4. The lowest BCUT2D eigenvalue weighted by Gasteiger charge is -2.07. The predicted octanol–water partition coefficient (Wildman–Crippen LogP) is 4.33. The van der Waals surface area contributed by atoms with Gasteiger partial charge < -0.3 is 14.9 Å². The average Bonchev–Trinajstić information content (AvgIpc) is 3.30. The zero-order valence-corrected chi connectivity index (χ0v) is 20.1. The Morgan fingerprint density at radius 1 is 0.919 bits per heavy atom. The van der Waals surface area contributed by atoms with Crippen molar-refractivity contribution in [3.63, 3.8) is 0 Å². The van der Waals surface area contributed by atoms with Gasteiger partial charge in [-0.25, -0.2) is 0 Å². The zero-order valence-electron chi connectivity index (χ0n) is 20.1. The number of nitrogens with zero attached hydrogens (tertiary/aromatic N) is 3. The second kappa shape index (κ2) is 11.2. The van der Waals surface area contributed by atoms with Crippen molar-refractivity contribution < 1.29 is 4.79 Å². The molecule has 3 heterocycles. The van der Waals surface area contributed by atoms with Crippen LogP contribution in [-0.2, 0) is 24.2 Å². The second-order valence-corrected chi connectivity index (χ2v) is 8.70. The van der Waals surface area contributed by atoms with E-state index in [1.54, 1.807) is 16.8 Å². The fraction of sp³-hybridized carbons (Fsp3) is 0.133. The van der Waals surface area contributed by atoms with Crippen LogP contribution in [0.3, 0.4) is 0 Å². The molecule has 0 spiro atoms. The van der Waals surface area contributed by atoms with E-state index in [-0.39, 0.29) is 17.9 Å². The van der Waals surface area contributed by atoms with Crippen LogP contribution in [0.2, 0.25) is 0 Å². The summed E-state index contributed by atoms with van der Waals surface area (Å²) in [7, 11) is 0. The molecule has 0 fully saturated rings. The largest absolute Gasteiger partial charge is 0.341 e. The highest BCUT2D eigenvalue weighted by molar-refractivity contribution is 5.92. The second-order valence-electron chi connectivity index (χ2n) is 8.70. The summed E-state index contributed by atoms with van der Waals surface area (Å²) in [5.41, 5.74) is 4.81. The normalized spacial score (nSPS) is 10.6. The van der Waals surface area contributed by atoms with Crippen LogP contribution < -0.4 is 10.9 Å². The monoisotopic (exact) mass is 487 g/mol. The van der Waals surface area contributed by atoms with Crippen molar-refractivity contribution in [3.8, 4) is 11.8 Å². The fourth-order valence-electron chi connectivity index (χ4n) is 4.05. The van der Waals surface area contributed by atoms with Crippen molar-refractivity contribution >= 4 is 22.6 Å². The van der Waals surface area contributed by atoms with E-state index in [1.807, 2.05) is 54.6 Å². The Morgan fingerprint density at radius 3 is 2.43 bits per heavy atom. The van der Waals surface area contributed by atoms with E-state index < -0.39 is 0 Å². The molecule has 37 heavy (non-hydrogen) atoms. The number of H-pyrrole nitrogens is 1. The molecule has 7 heteroatoms. The summed E-state index contributed by atoms with van der Waals surface area (Å²) in [6.45, 7) is 0.436. The highest BCUT2D eigenvalue weighted by Gasteiger charge is 2.06. The zero-order chi connectivity index (χ0) is 25.5. The highest BCUT2D eigenvalue weighted by atomic mass is 16.1. The van der Waals surface area contributed by atoms with Gasteiger partial charge in [0.2, 0.25) is 5.91 Å². The molecule has 1 amide bonds. The van der Waals surface area contributed by atoms with Gasteiger partial charge in [-0.2, -0.15) is 0 Å². The van der Waals surface area contributed by atoms with Crippen LogP contribution >= 0.6 is 0 Å². The maximum absolute atomic E-state index is 12.5. The third kappa shape index (κ3) is 6.38. The van der Waals surface area contributed by atoms with Gasteiger partial charge in [0.1, 0.15) is 5.69 Å². The Hall–Kier alpha value is -4.96. The van der Waals surface area contributed by atoms with E-state index in [4.69, 9.17) is 0 Å². The van der Waals surface area contributed by atoms with E-state index in [1.165, 1.54) is 11.6 Å². The van der Waals surface area contributed by atoms with Gasteiger partial charge in [-0.1, -0.05) is 66.6 Å². The van der Waals surface area contributed by atoms with Gasteiger partial charge in [0.15, 0.2) is 5.65 Å². The number of benzene rings is 2. The molecule has 5 rings (SSSR count). The third-order valence-electron chi connectivity index (χ3n) is 5.85. The van der Waals surface area contributed by atoms with Gasteiger partial charge in [-0.3, -0.25) is 9.59 Å². The van der Waals surface area contributed by atoms with E-state index in [0.29, 0.717) is 24.3 Å². The van der Waals surface area contributed by atoms with Crippen molar-refractivity contribution in [1.82, 2.24) is 19.7 Å². The Bertz CT molecular complexity index is 1640. The van der Waals surface area contributed by atoms with Crippen molar-refractivity contribution in [2.75, 3.05) is 5.32 Å². The van der Waals surface area contributed by atoms with E-state index in [2.05, 4.69) is 50.5 Å². The predicted molar refractivity (Wildman–Crippen MR) is 144 cm³/mol. The molecule has 0 atom stereocenters. The Morgan fingerprint density at radius 2 is 1.68 bits per heavy atom. The van der Waals surface area contributed by atoms with Crippen LogP contribution in [0.1, 0.15) is 28.9 Å². The lowest BCUT2D eigenvalue weighted by atomic mass is 10.1. The summed E-state index contributed by atoms with van der Waals surface area (Å²) in [5.74, 6) is 5.94. The number of hydrogen-bond donors (Lipinski definition) is 2. The number of aryl methyl sites for hydroxylation is 1. The number of rotatable bonds is 7. The first kappa shape index (κ1) is 23.8. The maximum Gasteiger partial charge on any atom is 0.252 e. The molecule has 0 aliphatic heterocycles. The van der Waals surface area contributed by atoms with Crippen molar-refractivity contribution in [2.45, 2.75) is 25.8 Å². The number of carbonyl (C=O) groups excluding carboxylic acids is 1. The molecule has 5 aromatic rings. The fourth-order valence-corrected chi connectivity index (χ4v) is 4.05. The molecule has 0 aliphatic rings. The molecule has 182 valence electrons. The number of aromatic nitrogens is 4. The molecular formula is C30H25N5O2. The third-order valence-corrected chi connectivity index (χ3v) is 5.85. The quantitative estimate of drug-likeness (QED) is 0.334. The first-order chi connectivity index (χ1) is 18.1. The Kier molecular flexibility index (Phi) is 7.19. The van der Waals surface area contributed by atoms with Gasteiger partial charge in [-0.05, 0) is 35.2 Å². The average molecular weight is 488 g/mol. The van der Waals surface area contributed by atoms with Gasteiger partial charge in [-0.15, -0.1) is 10.2 Å². The van der Waals surface area contributed by atoms with Crippen LogP contribution in [0.15, 0.2) is 95.9 Å². The number of pyridine rings is 1. The van der Waals surface area contributed by atoms with Gasteiger partial charge in [0.25, 0.3) is 5.56 Å². The molecule has 2 N–H and O–H groups in total. The minimum absolute atomic E-state index is 0.165. The van der Waals surface area contributed by atoms with Crippen LogP contribution in [-0.4, -0.2) is 25.7 Å². The van der Waals surface area contributed by atoms with E-state index in [9.17, 15) is 9.59 Å². The first-order valence-electron chi connectivity index (χ1n) is 12.0. The lowest BCUT2D eigenvalue weighted by Crippen LogP contribution is -2.21. The molecule has 0 unspecified atom stereocenters. The van der Waals surface area contributed by atoms with Crippen LogP contribution in [0.25, 0.3) is 11.0 Å². The number of aromatic amines is 1. The molecule has 0 saturated heterocycles. The Labute approximate surface area is 214 Å². The lowest BCUT2D eigenvalue weighted by molar-refractivity contribution is -0.115. The molecule has 0 aliphatic carbocycles. The number of carbonyl (C=O) groups is 1.